The van der Waals surface area contributed by atoms with Gasteiger partial charge in [-0.15, -0.1) is 11.3 Å². The Labute approximate surface area is 270 Å². The number of benzene rings is 4. The van der Waals surface area contributed by atoms with Crippen LogP contribution in [0.25, 0.3) is 10.1 Å². The number of halogens is 2. The molecule has 45 heavy (non-hydrogen) atoms. The first kappa shape index (κ1) is 31.2. The highest BCUT2D eigenvalue weighted by atomic mass is 35.5. The normalized spacial score (nSPS) is 10.8. The molecule has 0 atom stereocenters. The van der Waals surface area contributed by atoms with Gasteiger partial charge in [0.1, 0.15) is 4.88 Å². The van der Waals surface area contributed by atoms with Crippen molar-refractivity contribution in [2.24, 2.45) is 5.10 Å². The molecule has 0 bridgehead atoms. The molecular formula is C32H22Cl2N4O6S. The Balaban J connectivity index is 1.20. The lowest BCUT2D eigenvalue weighted by molar-refractivity contribution is -0.136. The Morgan fingerprint density at radius 2 is 1.56 bits per heavy atom. The molecule has 10 nitrogen and oxygen atoms in total. The first-order valence-electron chi connectivity index (χ1n) is 13.1. The average Bonchev–Trinajstić information content (AvgIpc) is 3.39. The van der Waals surface area contributed by atoms with E-state index in [4.69, 9.17) is 32.7 Å². The molecule has 0 aliphatic carbocycles. The third kappa shape index (κ3) is 7.47. The summed E-state index contributed by atoms with van der Waals surface area (Å²) >= 11 is 13.5. The van der Waals surface area contributed by atoms with E-state index in [1.807, 2.05) is 24.3 Å². The number of methoxy groups -OCH3 is 1. The van der Waals surface area contributed by atoms with Gasteiger partial charge < -0.3 is 20.1 Å². The number of carbonyl (C=O) groups is 4. The molecule has 0 radical (unpaired) electrons. The number of amides is 3. The van der Waals surface area contributed by atoms with E-state index in [2.05, 4.69) is 21.2 Å². The number of carbonyl (C=O) groups excluding carboxylic acids is 4. The third-order valence-electron chi connectivity index (χ3n) is 6.22. The fourth-order valence-electron chi connectivity index (χ4n) is 4.06. The van der Waals surface area contributed by atoms with Crippen LogP contribution in [0.15, 0.2) is 96.1 Å². The van der Waals surface area contributed by atoms with Gasteiger partial charge in [-0.25, -0.2) is 10.2 Å². The Morgan fingerprint density at radius 1 is 0.822 bits per heavy atom. The van der Waals surface area contributed by atoms with E-state index in [-0.39, 0.29) is 27.6 Å². The van der Waals surface area contributed by atoms with Gasteiger partial charge in [0, 0.05) is 20.8 Å². The molecule has 0 unspecified atom stereocenters. The molecule has 13 heteroatoms. The van der Waals surface area contributed by atoms with Crippen LogP contribution in [-0.2, 0) is 9.59 Å². The van der Waals surface area contributed by atoms with Crippen molar-refractivity contribution in [1.82, 2.24) is 5.43 Å². The molecular weight excluding hydrogens is 639 g/mol. The Morgan fingerprint density at radius 3 is 2.31 bits per heavy atom. The van der Waals surface area contributed by atoms with E-state index < -0.39 is 23.7 Å². The summed E-state index contributed by atoms with van der Waals surface area (Å²) in [6, 6.07) is 24.7. The molecule has 0 aliphatic rings. The lowest BCUT2D eigenvalue weighted by Crippen LogP contribution is -2.33. The zero-order valence-corrected chi connectivity index (χ0v) is 25.6. The molecule has 3 amide bonds. The number of thiophene rings is 1. The lowest BCUT2D eigenvalue weighted by atomic mass is 10.1. The van der Waals surface area contributed by atoms with E-state index in [1.54, 1.807) is 42.5 Å². The molecule has 5 aromatic rings. The quantitative estimate of drug-likeness (QED) is 0.0552. The van der Waals surface area contributed by atoms with E-state index >= 15 is 0 Å². The second-order valence-electron chi connectivity index (χ2n) is 9.20. The fraction of sp³-hybridized carbons (Fsp3) is 0.0312. The van der Waals surface area contributed by atoms with E-state index in [9.17, 15) is 19.2 Å². The van der Waals surface area contributed by atoms with Gasteiger partial charge in [-0.05, 0) is 66.2 Å². The summed E-state index contributed by atoms with van der Waals surface area (Å²) in [6.45, 7) is 0. The maximum Gasteiger partial charge on any atom is 0.355 e. The molecule has 0 aliphatic heterocycles. The third-order valence-corrected chi connectivity index (χ3v) is 8.13. The van der Waals surface area contributed by atoms with Crippen molar-refractivity contribution in [3.8, 4) is 11.5 Å². The number of hydrogen-bond donors (Lipinski definition) is 3. The smallest absolute Gasteiger partial charge is 0.355 e. The zero-order valence-electron chi connectivity index (χ0n) is 23.3. The van der Waals surface area contributed by atoms with Crippen LogP contribution in [0, 0.1) is 0 Å². The van der Waals surface area contributed by atoms with Crippen LogP contribution in [0.3, 0.4) is 0 Å². The van der Waals surface area contributed by atoms with Crippen LogP contribution >= 0.6 is 34.5 Å². The number of nitrogens with one attached hydrogen (secondary N) is 3. The maximum absolute atomic E-state index is 12.9. The van der Waals surface area contributed by atoms with Gasteiger partial charge in [0.15, 0.2) is 11.5 Å². The largest absolute Gasteiger partial charge is 0.493 e. The number of rotatable bonds is 8. The SMILES string of the molecule is COc1cc(/C=N/NC(=O)C(=O)Nc2ccccc2C(=O)Nc2ccc(Cl)cc2)ccc1OC(=O)c1sc2ccccc2c1Cl. The van der Waals surface area contributed by atoms with E-state index in [0.717, 1.165) is 10.1 Å². The van der Waals surface area contributed by atoms with Gasteiger partial charge in [0.2, 0.25) is 0 Å². The number of ether oxygens (including phenoxy) is 2. The lowest BCUT2D eigenvalue weighted by Gasteiger charge is -2.11. The first-order valence-corrected chi connectivity index (χ1v) is 14.7. The summed E-state index contributed by atoms with van der Waals surface area (Å²) in [5, 5.41) is 10.5. The zero-order chi connectivity index (χ0) is 31.9. The number of nitrogens with zero attached hydrogens (tertiary/aromatic N) is 1. The standard InChI is InChI=1S/C32H22Cl2N4O6S/c1-43-25-16-18(10-15-24(25)44-32(42)28-27(34)22-7-3-5-9-26(22)45-28)17-35-38-31(41)30(40)37-23-8-4-2-6-21(23)29(39)36-20-13-11-19(33)12-14-20/h2-17H,1H3,(H,36,39)(H,37,40)(H,38,41)/b35-17+. The van der Waals surface area contributed by atoms with Crippen LogP contribution in [0.5, 0.6) is 11.5 Å². The highest BCUT2D eigenvalue weighted by Gasteiger charge is 2.21. The molecule has 0 saturated carbocycles. The van der Waals surface area contributed by atoms with Gasteiger partial charge in [-0.2, -0.15) is 5.10 Å². The molecule has 0 fully saturated rings. The minimum Gasteiger partial charge on any atom is -0.493 e. The summed E-state index contributed by atoms with van der Waals surface area (Å²) in [6.07, 6.45) is 1.27. The minimum absolute atomic E-state index is 0.125. The average molecular weight is 662 g/mol. The van der Waals surface area contributed by atoms with Crippen LogP contribution in [0.2, 0.25) is 10.0 Å². The minimum atomic E-state index is -1.07. The van der Waals surface area contributed by atoms with Crippen molar-refractivity contribution < 1.29 is 28.7 Å². The van der Waals surface area contributed by atoms with Gasteiger partial charge in [-0.3, -0.25) is 14.4 Å². The predicted octanol–water partition coefficient (Wildman–Crippen LogP) is 6.78. The van der Waals surface area contributed by atoms with Crippen molar-refractivity contribution in [3.63, 3.8) is 0 Å². The van der Waals surface area contributed by atoms with E-state index in [0.29, 0.717) is 21.3 Å². The van der Waals surface area contributed by atoms with Crippen molar-refractivity contribution in [2.45, 2.75) is 0 Å². The number of fused-ring (bicyclic) bond motifs is 1. The molecule has 0 spiro atoms. The van der Waals surface area contributed by atoms with Gasteiger partial charge in [0.05, 0.1) is 29.6 Å². The highest BCUT2D eigenvalue weighted by Crippen LogP contribution is 2.37. The van der Waals surface area contributed by atoms with Crippen LogP contribution < -0.4 is 25.5 Å². The second kappa shape index (κ2) is 14.0. The highest BCUT2D eigenvalue weighted by molar-refractivity contribution is 7.21. The number of para-hydroxylation sites is 1. The van der Waals surface area contributed by atoms with Gasteiger partial charge >= 0.3 is 17.8 Å². The summed E-state index contributed by atoms with van der Waals surface area (Å²) in [7, 11) is 1.40. The van der Waals surface area contributed by atoms with Crippen molar-refractivity contribution in [1.29, 1.82) is 0 Å². The molecule has 4 aromatic carbocycles. The van der Waals surface area contributed by atoms with Crippen LogP contribution in [0.4, 0.5) is 11.4 Å². The topological polar surface area (TPSA) is 135 Å². The molecule has 3 N–H and O–H groups in total. The van der Waals surface area contributed by atoms with E-state index in [1.165, 1.54) is 48.9 Å². The molecule has 1 heterocycles. The van der Waals surface area contributed by atoms with Crippen molar-refractivity contribution in [3.05, 3.63) is 117 Å². The Bertz CT molecular complexity index is 1960. The van der Waals surface area contributed by atoms with Crippen LogP contribution in [0.1, 0.15) is 25.6 Å². The van der Waals surface area contributed by atoms with Gasteiger partial charge in [0.25, 0.3) is 5.91 Å². The molecule has 1 aromatic heterocycles. The first-order chi connectivity index (χ1) is 21.7. The fourth-order valence-corrected chi connectivity index (χ4v) is 5.57. The molecule has 0 saturated heterocycles. The summed E-state index contributed by atoms with van der Waals surface area (Å²) in [5.41, 5.74) is 3.37. The van der Waals surface area contributed by atoms with Crippen molar-refractivity contribution >= 4 is 85.9 Å². The Hall–Kier alpha value is -5.23. The molecule has 226 valence electrons. The summed E-state index contributed by atoms with van der Waals surface area (Å²) in [5.74, 6) is -2.88. The number of hydrazone groups is 1. The number of anilines is 2. The number of esters is 1. The summed E-state index contributed by atoms with van der Waals surface area (Å²) < 4.78 is 11.8. The van der Waals surface area contributed by atoms with Crippen LogP contribution in [-0.4, -0.2) is 37.0 Å². The maximum atomic E-state index is 12.9. The second-order valence-corrected chi connectivity index (χ2v) is 11.1. The predicted molar refractivity (Wildman–Crippen MR) is 175 cm³/mol. The summed E-state index contributed by atoms with van der Waals surface area (Å²) in [4.78, 5) is 50.9. The monoisotopic (exact) mass is 660 g/mol. The van der Waals surface area contributed by atoms with Crippen molar-refractivity contribution in [2.75, 3.05) is 17.7 Å². The van der Waals surface area contributed by atoms with Gasteiger partial charge in [-0.1, -0.05) is 53.5 Å². The Kier molecular flexibility index (Phi) is 9.73. The number of hydrogen-bond acceptors (Lipinski definition) is 8. The molecule has 5 rings (SSSR count).